The topological polar surface area (TPSA) is 98.5 Å². The summed E-state index contributed by atoms with van der Waals surface area (Å²) in [4.78, 5) is 34.5. The van der Waals surface area contributed by atoms with Gasteiger partial charge in [0.25, 0.3) is 11.6 Å². The molecule has 2 aromatic carbocycles. The van der Waals surface area contributed by atoms with Gasteiger partial charge in [0.1, 0.15) is 0 Å². The van der Waals surface area contributed by atoms with Gasteiger partial charge in [-0.3, -0.25) is 14.9 Å². The summed E-state index contributed by atoms with van der Waals surface area (Å²) >= 11 is 3.04. The Morgan fingerprint density at radius 1 is 1.24 bits per heavy atom. The lowest BCUT2D eigenvalue weighted by Crippen LogP contribution is -2.30. The number of carbonyl (C=O) groups is 2. The smallest absolute Gasteiger partial charge is 0.339 e. The molecule has 0 saturated carbocycles. The number of nitro benzene ring substituents is 1. The van der Waals surface area contributed by atoms with Gasteiger partial charge in [0.05, 0.1) is 15.0 Å². The molecule has 0 aliphatic rings. The average Bonchev–Trinajstić information content (AvgIpc) is 2.54. The molecule has 0 aliphatic heterocycles. The number of amides is 1. The Bertz CT molecular complexity index is 838. The van der Waals surface area contributed by atoms with Gasteiger partial charge in [-0.1, -0.05) is 12.1 Å². The zero-order valence-electron chi connectivity index (χ0n) is 13.5. The third-order valence-electron chi connectivity index (χ3n) is 3.32. The van der Waals surface area contributed by atoms with E-state index in [1.807, 2.05) is 13.0 Å². The molecule has 0 saturated heterocycles. The SMILES string of the molecule is Cc1cccc(NC(=O)[C@@H](C)OC(=O)c2ccc(Br)c([N+](=O)[O-])c2)c1. The molecule has 0 spiro atoms. The van der Waals surface area contributed by atoms with E-state index in [1.165, 1.54) is 19.1 Å². The van der Waals surface area contributed by atoms with E-state index < -0.39 is 22.9 Å². The maximum Gasteiger partial charge on any atom is 0.339 e. The van der Waals surface area contributed by atoms with E-state index in [0.29, 0.717) is 5.69 Å². The first kappa shape index (κ1) is 18.6. The van der Waals surface area contributed by atoms with Crippen LogP contribution in [0.2, 0.25) is 0 Å². The van der Waals surface area contributed by atoms with Crippen LogP contribution in [0.4, 0.5) is 11.4 Å². The van der Waals surface area contributed by atoms with Crippen molar-refractivity contribution in [2.75, 3.05) is 5.32 Å². The molecular formula is C17H15BrN2O5. The zero-order valence-corrected chi connectivity index (χ0v) is 15.1. The number of nitrogens with one attached hydrogen (secondary N) is 1. The number of nitro groups is 1. The van der Waals surface area contributed by atoms with Crippen LogP contribution >= 0.6 is 15.9 Å². The molecule has 25 heavy (non-hydrogen) atoms. The van der Waals surface area contributed by atoms with E-state index >= 15 is 0 Å². The van der Waals surface area contributed by atoms with Gasteiger partial charge in [-0.25, -0.2) is 4.79 Å². The van der Waals surface area contributed by atoms with Crippen molar-refractivity contribution < 1.29 is 19.2 Å². The molecule has 8 heteroatoms. The number of halogens is 1. The van der Waals surface area contributed by atoms with Gasteiger partial charge in [0.2, 0.25) is 0 Å². The van der Waals surface area contributed by atoms with Crippen LogP contribution < -0.4 is 5.32 Å². The summed E-state index contributed by atoms with van der Waals surface area (Å²) < 4.78 is 5.34. The van der Waals surface area contributed by atoms with Gasteiger partial charge in [-0.15, -0.1) is 0 Å². The predicted octanol–water partition coefficient (Wildman–Crippen LogP) is 3.85. The number of anilines is 1. The third kappa shape index (κ3) is 4.87. The number of ether oxygens (including phenoxy) is 1. The largest absolute Gasteiger partial charge is 0.449 e. The third-order valence-corrected chi connectivity index (χ3v) is 3.99. The van der Waals surface area contributed by atoms with Gasteiger partial charge >= 0.3 is 5.97 Å². The first-order chi connectivity index (χ1) is 11.8. The number of aryl methyl sites for hydroxylation is 1. The highest BCUT2D eigenvalue weighted by atomic mass is 79.9. The lowest BCUT2D eigenvalue weighted by Gasteiger charge is -2.14. The predicted molar refractivity (Wildman–Crippen MR) is 95.5 cm³/mol. The van der Waals surface area contributed by atoms with Crippen molar-refractivity contribution in [1.82, 2.24) is 0 Å². The van der Waals surface area contributed by atoms with Crippen molar-refractivity contribution in [2.24, 2.45) is 0 Å². The molecule has 0 heterocycles. The molecule has 1 atom stereocenters. The zero-order chi connectivity index (χ0) is 18.6. The molecular weight excluding hydrogens is 392 g/mol. The maximum absolute atomic E-state index is 12.1. The number of benzene rings is 2. The van der Waals surface area contributed by atoms with Crippen LogP contribution in [0.1, 0.15) is 22.8 Å². The lowest BCUT2D eigenvalue weighted by atomic mass is 10.2. The second-order valence-electron chi connectivity index (χ2n) is 5.33. The van der Waals surface area contributed by atoms with E-state index in [4.69, 9.17) is 4.74 Å². The van der Waals surface area contributed by atoms with Crippen LogP contribution in [0.5, 0.6) is 0 Å². The van der Waals surface area contributed by atoms with E-state index in [2.05, 4.69) is 21.2 Å². The first-order valence-corrected chi connectivity index (χ1v) is 8.09. The first-order valence-electron chi connectivity index (χ1n) is 7.30. The Kier molecular flexibility index (Phi) is 5.87. The van der Waals surface area contributed by atoms with Crippen molar-refractivity contribution in [3.63, 3.8) is 0 Å². The van der Waals surface area contributed by atoms with E-state index in [-0.39, 0.29) is 15.7 Å². The second-order valence-corrected chi connectivity index (χ2v) is 6.18. The van der Waals surface area contributed by atoms with E-state index in [0.717, 1.165) is 11.6 Å². The summed E-state index contributed by atoms with van der Waals surface area (Å²) in [5.41, 5.74) is 1.30. The highest BCUT2D eigenvalue weighted by Crippen LogP contribution is 2.26. The quantitative estimate of drug-likeness (QED) is 0.461. The molecule has 0 radical (unpaired) electrons. The summed E-state index contributed by atoms with van der Waals surface area (Å²) in [5, 5.41) is 13.6. The minimum atomic E-state index is -1.06. The van der Waals surface area contributed by atoms with Crippen molar-refractivity contribution >= 4 is 39.2 Å². The van der Waals surface area contributed by atoms with Crippen LogP contribution in [0.25, 0.3) is 0 Å². The fourth-order valence-electron chi connectivity index (χ4n) is 2.03. The van der Waals surface area contributed by atoms with Gasteiger partial charge in [-0.05, 0) is 59.6 Å². The van der Waals surface area contributed by atoms with Gasteiger partial charge in [0.15, 0.2) is 6.10 Å². The highest BCUT2D eigenvalue weighted by Gasteiger charge is 2.21. The molecule has 2 rings (SSSR count). The van der Waals surface area contributed by atoms with Crippen molar-refractivity contribution in [3.8, 4) is 0 Å². The Morgan fingerprint density at radius 2 is 1.96 bits per heavy atom. The fraction of sp³-hybridized carbons (Fsp3) is 0.176. The molecule has 1 N–H and O–H groups in total. The molecule has 7 nitrogen and oxygen atoms in total. The maximum atomic E-state index is 12.1. The molecule has 0 unspecified atom stereocenters. The monoisotopic (exact) mass is 406 g/mol. The molecule has 0 aliphatic carbocycles. The van der Waals surface area contributed by atoms with Crippen LogP contribution in [-0.4, -0.2) is 22.9 Å². The van der Waals surface area contributed by atoms with Crippen LogP contribution in [0.15, 0.2) is 46.9 Å². The van der Waals surface area contributed by atoms with Crippen molar-refractivity contribution in [1.29, 1.82) is 0 Å². The number of esters is 1. The minimum absolute atomic E-state index is 0.00916. The van der Waals surface area contributed by atoms with Crippen LogP contribution in [0.3, 0.4) is 0 Å². The van der Waals surface area contributed by atoms with E-state index in [1.54, 1.807) is 18.2 Å². The highest BCUT2D eigenvalue weighted by molar-refractivity contribution is 9.10. The summed E-state index contributed by atoms with van der Waals surface area (Å²) in [6.45, 7) is 3.32. The van der Waals surface area contributed by atoms with Crippen LogP contribution in [0, 0.1) is 17.0 Å². The normalized spacial score (nSPS) is 11.5. The minimum Gasteiger partial charge on any atom is -0.449 e. The summed E-state index contributed by atoms with van der Waals surface area (Å²) in [6, 6.07) is 11.0. The average molecular weight is 407 g/mol. The second kappa shape index (κ2) is 7.89. The van der Waals surface area contributed by atoms with Crippen LogP contribution in [-0.2, 0) is 9.53 Å². The van der Waals surface area contributed by atoms with Crippen molar-refractivity contribution in [2.45, 2.75) is 20.0 Å². The van der Waals surface area contributed by atoms with Gasteiger partial charge in [-0.2, -0.15) is 0 Å². The number of rotatable bonds is 5. The summed E-state index contributed by atoms with van der Waals surface area (Å²) in [5.74, 6) is -1.31. The van der Waals surface area contributed by atoms with Gasteiger partial charge < -0.3 is 10.1 Å². The molecule has 0 fully saturated rings. The Morgan fingerprint density at radius 3 is 2.60 bits per heavy atom. The molecule has 0 bridgehead atoms. The fourth-order valence-corrected chi connectivity index (χ4v) is 2.42. The molecule has 130 valence electrons. The number of carbonyl (C=O) groups excluding carboxylic acids is 2. The Labute approximate surface area is 152 Å². The summed E-state index contributed by atoms with van der Waals surface area (Å²) in [6.07, 6.45) is -1.06. The number of nitrogens with zero attached hydrogens (tertiary/aromatic N) is 1. The molecule has 0 aromatic heterocycles. The lowest BCUT2D eigenvalue weighted by molar-refractivity contribution is -0.385. The Balaban J connectivity index is 2.05. The van der Waals surface area contributed by atoms with E-state index in [9.17, 15) is 19.7 Å². The molecule has 1 amide bonds. The standard InChI is InChI=1S/C17H15BrN2O5/c1-10-4-3-5-13(8-10)19-16(21)11(2)25-17(22)12-6-7-14(18)15(9-12)20(23)24/h3-9,11H,1-2H3,(H,19,21)/t11-/m1/s1. The van der Waals surface area contributed by atoms with Crippen molar-refractivity contribution in [3.05, 3.63) is 68.2 Å². The summed E-state index contributed by atoms with van der Waals surface area (Å²) in [7, 11) is 0. The number of hydrogen-bond donors (Lipinski definition) is 1. The Hall–Kier alpha value is -2.74. The number of hydrogen-bond acceptors (Lipinski definition) is 5. The van der Waals surface area contributed by atoms with Gasteiger partial charge in [0, 0.05) is 11.8 Å². The molecule has 2 aromatic rings.